The van der Waals surface area contributed by atoms with Crippen LogP contribution in [0.3, 0.4) is 0 Å². The Hall–Kier alpha value is -2.14. The molecule has 2 heterocycles. The number of nitrogens with zero attached hydrogens (tertiary/aromatic N) is 1. The van der Waals surface area contributed by atoms with E-state index in [2.05, 4.69) is 19.2 Å². The number of nitrogens with one attached hydrogen (secondary N) is 1. The van der Waals surface area contributed by atoms with Crippen molar-refractivity contribution in [2.24, 2.45) is 5.92 Å². The first-order chi connectivity index (χ1) is 12.6. The number of carbonyl (C=O) groups excluding carboxylic acids is 2. The van der Waals surface area contributed by atoms with Gasteiger partial charge in [0.25, 0.3) is 5.91 Å². The van der Waals surface area contributed by atoms with Crippen LogP contribution in [0.5, 0.6) is 0 Å². The van der Waals surface area contributed by atoms with Crippen molar-refractivity contribution >= 4 is 23.2 Å². The molecule has 1 aromatic heterocycles. The van der Waals surface area contributed by atoms with Crippen molar-refractivity contribution in [2.45, 2.75) is 44.7 Å². The van der Waals surface area contributed by atoms with Gasteiger partial charge in [-0.1, -0.05) is 38.1 Å². The standard InChI is InChI=1S/C21H24N2O2S/c1-13(2)12-23-19(17-8-5-11-26-17)18(20(24)22-14-9-10-14)15-6-3-4-7-16(15)21(23)25/h3-8,11,13-14,18-19H,9-10,12H2,1-2H3,(H,22,24). The Bertz CT molecular complexity index is 811. The van der Waals surface area contributed by atoms with Crippen molar-refractivity contribution in [3.05, 3.63) is 57.8 Å². The van der Waals surface area contributed by atoms with E-state index in [1.54, 1.807) is 11.3 Å². The van der Waals surface area contributed by atoms with Gasteiger partial charge in [-0.15, -0.1) is 11.3 Å². The topological polar surface area (TPSA) is 49.4 Å². The summed E-state index contributed by atoms with van der Waals surface area (Å²) in [4.78, 5) is 29.5. The highest BCUT2D eigenvalue weighted by Gasteiger charge is 2.45. The molecule has 4 rings (SSSR count). The molecule has 4 nitrogen and oxygen atoms in total. The zero-order chi connectivity index (χ0) is 18.3. The van der Waals surface area contributed by atoms with Gasteiger partial charge in [-0.2, -0.15) is 0 Å². The highest BCUT2D eigenvalue weighted by atomic mass is 32.1. The Kier molecular flexibility index (Phi) is 4.57. The lowest BCUT2D eigenvalue weighted by molar-refractivity contribution is -0.124. The Morgan fingerprint density at radius 1 is 1.23 bits per heavy atom. The van der Waals surface area contributed by atoms with Crippen molar-refractivity contribution in [3.8, 4) is 0 Å². The van der Waals surface area contributed by atoms with Crippen LogP contribution in [-0.4, -0.2) is 29.3 Å². The van der Waals surface area contributed by atoms with Crippen LogP contribution in [0.2, 0.25) is 0 Å². The molecule has 1 saturated carbocycles. The maximum atomic E-state index is 13.3. The molecule has 1 aliphatic carbocycles. The van der Waals surface area contributed by atoms with Gasteiger partial charge >= 0.3 is 0 Å². The van der Waals surface area contributed by atoms with Gasteiger partial charge in [0.2, 0.25) is 5.91 Å². The third-order valence-electron chi connectivity index (χ3n) is 5.04. The number of thiophene rings is 1. The molecular weight excluding hydrogens is 344 g/mol. The van der Waals surface area contributed by atoms with Crippen molar-refractivity contribution in [2.75, 3.05) is 6.54 Å². The van der Waals surface area contributed by atoms with Gasteiger partial charge in [0, 0.05) is 23.0 Å². The molecular formula is C21H24N2O2S. The molecule has 1 aliphatic heterocycles. The first kappa shape index (κ1) is 17.3. The average molecular weight is 369 g/mol. The summed E-state index contributed by atoms with van der Waals surface area (Å²) in [5.74, 6) is 0.0449. The molecule has 2 aliphatic rings. The summed E-state index contributed by atoms with van der Waals surface area (Å²) in [6.07, 6.45) is 2.11. The number of amides is 2. The van der Waals surface area contributed by atoms with E-state index < -0.39 is 0 Å². The molecule has 1 fully saturated rings. The van der Waals surface area contributed by atoms with Gasteiger partial charge in [-0.05, 0) is 41.8 Å². The lowest BCUT2D eigenvalue weighted by Crippen LogP contribution is -2.48. The van der Waals surface area contributed by atoms with E-state index in [-0.39, 0.29) is 23.8 Å². The number of benzene rings is 1. The molecule has 26 heavy (non-hydrogen) atoms. The van der Waals surface area contributed by atoms with Gasteiger partial charge in [0.1, 0.15) is 0 Å². The zero-order valence-electron chi connectivity index (χ0n) is 15.1. The van der Waals surface area contributed by atoms with Crippen LogP contribution in [0.4, 0.5) is 0 Å². The van der Waals surface area contributed by atoms with Gasteiger partial charge in [-0.3, -0.25) is 9.59 Å². The van der Waals surface area contributed by atoms with E-state index in [9.17, 15) is 9.59 Å². The van der Waals surface area contributed by atoms with Crippen LogP contribution in [0.25, 0.3) is 0 Å². The lowest BCUT2D eigenvalue weighted by Gasteiger charge is -2.42. The van der Waals surface area contributed by atoms with Crippen molar-refractivity contribution < 1.29 is 9.59 Å². The number of hydrogen-bond acceptors (Lipinski definition) is 3. The molecule has 2 aromatic rings. The molecule has 2 atom stereocenters. The number of hydrogen-bond donors (Lipinski definition) is 1. The maximum Gasteiger partial charge on any atom is 0.254 e. The Balaban J connectivity index is 1.83. The number of fused-ring (bicyclic) bond motifs is 1. The van der Waals surface area contributed by atoms with Crippen molar-refractivity contribution in [3.63, 3.8) is 0 Å². The van der Waals surface area contributed by atoms with Crippen LogP contribution in [0, 0.1) is 5.92 Å². The molecule has 2 unspecified atom stereocenters. The third-order valence-corrected chi connectivity index (χ3v) is 5.98. The van der Waals surface area contributed by atoms with Crippen LogP contribution in [0.15, 0.2) is 41.8 Å². The van der Waals surface area contributed by atoms with Gasteiger partial charge in [0.05, 0.1) is 12.0 Å². The van der Waals surface area contributed by atoms with E-state index in [4.69, 9.17) is 0 Å². The molecule has 0 bridgehead atoms. The summed E-state index contributed by atoms with van der Waals surface area (Å²) in [6.45, 7) is 4.86. The average Bonchev–Trinajstić information content (AvgIpc) is 3.26. The second kappa shape index (κ2) is 6.88. The minimum absolute atomic E-state index is 0.0307. The lowest BCUT2D eigenvalue weighted by atomic mass is 9.81. The monoisotopic (exact) mass is 368 g/mol. The molecule has 0 saturated heterocycles. The fraction of sp³-hybridized carbons (Fsp3) is 0.429. The Morgan fingerprint density at radius 2 is 2.00 bits per heavy atom. The van der Waals surface area contributed by atoms with Crippen LogP contribution < -0.4 is 5.32 Å². The predicted octanol–water partition coefficient (Wildman–Crippen LogP) is 3.96. The van der Waals surface area contributed by atoms with Crippen molar-refractivity contribution in [1.82, 2.24) is 10.2 Å². The molecule has 136 valence electrons. The van der Waals surface area contributed by atoms with Crippen molar-refractivity contribution in [1.29, 1.82) is 0 Å². The van der Waals surface area contributed by atoms with E-state index in [0.717, 1.165) is 23.3 Å². The fourth-order valence-corrected chi connectivity index (χ4v) is 4.64. The molecule has 5 heteroatoms. The molecule has 1 N–H and O–H groups in total. The SMILES string of the molecule is CC(C)CN1C(=O)c2ccccc2C(C(=O)NC2CC2)C1c1cccs1. The maximum absolute atomic E-state index is 13.3. The molecule has 0 radical (unpaired) electrons. The number of rotatable bonds is 5. The quantitative estimate of drug-likeness (QED) is 0.868. The first-order valence-electron chi connectivity index (χ1n) is 9.30. The van der Waals surface area contributed by atoms with Gasteiger partial charge in [-0.25, -0.2) is 0 Å². The largest absolute Gasteiger partial charge is 0.353 e. The summed E-state index contributed by atoms with van der Waals surface area (Å²) in [7, 11) is 0. The highest BCUT2D eigenvalue weighted by Crippen LogP contribution is 2.44. The summed E-state index contributed by atoms with van der Waals surface area (Å²) in [6, 6.07) is 11.7. The summed E-state index contributed by atoms with van der Waals surface area (Å²) >= 11 is 1.62. The summed E-state index contributed by atoms with van der Waals surface area (Å²) < 4.78 is 0. The zero-order valence-corrected chi connectivity index (χ0v) is 16.0. The second-order valence-electron chi connectivity index (χ2n) is 7.66. The van der Waals surface area contributed by atoms with E-state index in [0.29, 0.717) is 24.1 Å². The summed E-state index contributed by atoms with van der Waals surface area (Å²) in [5, 5.41) is 5.19. The van der Waals surface area contributed by atoms with Gasteiger partial charge in [0.15, 0.2) is 0 Å². The van der Waals surface area contributed by atoms with Gasteiger partial charge < -0.3 is 10.2 Å². The smallest absolute Gasteiger partial charge is 0.254 e. The molecule has 2 amide bonds. The Morgan fingerprint density at radius 3 is 2.65 bits per heavy atom. The third kappa shape index (κ3) is 3.16. The fourth-order valence-electron chi connectivity index (χ4n) is 3.76. The summed E-state index contributed by atoms with van der Waals surface area (Å²) in [5.41, 5.74) is 1.52. The first-order valence-corrected chi connectivity index (χ1v) is 10.2. The van der Waals surface area contributed by atoms with Crippen LogP contribution >= 0.6 is 11.3 Å². The van der Waals surface area contributed by atoms with E-state index in [1.165, 1.54) is 0 Å². The highest BCUT2D eigenvalue weighted by molar-refractivity contribution is 7.10. The number of carbonyl (C=O) groups is 2. The van der Waals surface area contributed by atoms with Crippen LogP contribution in [0.1, 0.15) is 59.4 Å². The minimum Gasteiger partial charge on any atom is -0.353 e. The second-order valence-corrected chi connectivity index (χ2v) is 8.64. The van der Waals surface area contributed by atoms with Crippen LogP contribution in [-0.2, 0) is 4.79 Å². The van der Waals surface area contributed by atoms with E-state index in [1.807, 2.05) is 46.7 Å². The minimum atomic E-state index is -0.359. The normalized spacial score (nSPS) is 22.4. The predicted molar refractivity (Wildman–Crippen MR) is 103 cm³/mol. The molecule has 1 aromatic carbocycles. The molecule has 0 spiro atoms. The van der Waals surface area contributed by atoms with E-state index >= 15 is 0 Å². The Labute approximate surface area is 158 Å².